The summed E-state index contributed by atoms with van der Waals surface area (Å²) in [7, 11) is 0. The number of nitrogens with one attached hydrogen (secondary N) is 1. The predicted molar refractivity (Wildman–Crippen MR) is 93.2 cm³/mol. The number of carbonyl (C=O) groups is 1. The second-order valence-corrected chi connectivity index (χ2v) is 5.64. The lowest BCUT2D eigenvalue weighted by molar-refractivity contribution is -0.123. The van der Waals surface area contributed by atoms with Crippen LogP contribution in [0.3, 0.4) is 0 Å². The summed E-state index contributed by atoms with van der Waals surface area (Å²) in [5, 5.41) is 4.78. The van der Waals surface area contributed by atoms with Crippen molar-refractivity contribution in [3.8, 4) is 5.75 Å². The number of benzene rings is 2. The number of halogens is 1. The van der Waals surface area contributed by atoms with Gasteiger partial charge in [0.1, 0.15) is 5.75 Å². The van der Waals surface area contributed by atoms with Gasteiger partial charge in [-0.05, 0) is 49.6 Å². The Labute approximate surface area is 141 Å². The molecule has 0 aliphatic rings. The van der Waals surface area contributed by atoms with Crippen LogP contribution in [0.2, 0.25) is 5.02 Å². The molecule has 0 aliphatic carbocycles. The number of rotatable bonds is 5. The number of carbonyl (C=O) groups excluding carboxylic acids is 1. The first kappa shape index (κ1) is 17.0. The second kappa shape index (κ2) is 7.79. The number of hydrazone groups is 1. The van der Waals surface area contributed by atoms with Gasteiger partial charge < -0.3 is 4.74 Å². The predicted octanol–water partition coefficient (Wildman–Crippen LogP) is 3.88. The van der Waals surface area contributed by atoms with Gasteiger partial charge in [0.25, 0.3) is 5.91 Å². The fourth-order valence-electron chi connectivity index (χ4n) is 2.06. The van der Waals surface area contributed by atoms with Crippen LogP contribution in [0.1, 0.15) is 23.6 Å². The lowest BCUT2D eigenvalue weighted by Crippen LogP contribution is -2.25. The van der Waals surface area contributed by atoms with Crippen molar-refractivity contribution in [2.75, 3.05) is 6.61 Å². The maximum Gasteiger partial charge on any atom is 0.277 e. The van der Waals surface area contributed by atoms with Crippen LogP contribution < -0.4 is 10.2 Å². The van der Waals surface area contributed by atoms with Gasteiger partial charge in [0.15, 0.2) is 6.61 Å². The highest BCUT2D eigenvalue weighted by Crippen LogP contribution is 2.25. The number of amides is 1. The molecule has 0 fully saturated rings. The lowest BCUT2D eigenvalue weighted by Gasteiger charge is -2.09. The Hall–Kier alpha value is -2.33. The monoisotopic (exact) mass is 330 g/mol. The third-order valence-electron chi connectivity index (χ3n) is 3.32. The Morgan fingerprint density at radius 2 is 1.78 bits per heavy atom. The zero-order valence-electron chi connectivity index (χ0n) is 13.4. The first-order valence-corrected chi connectivity index (χ1v) is 7.63. The van der Waals surface area contributed by atoms with E-state index in [2.05, 4.69) is 10.5 Å². The van der Waals surface area contributed by atoms with Crippen molar-refractivity contribution in [2.24, 2.45) is 5.10 Å². The largest absolute Gasteiger partial charge is 0.484 e. The van der Waals surface area contributed by atoms with Gasteiger partial charge in [-0.25, -0.2) is 5.43 Å². The average Bonchev–Trinajstić information content (AvgIpc) is 2.56. The van der Waals surface area contributed by atoms with E-state index in [0.29, 0.717) is 10.8 Å². The maximum absolute atomic E-state index is 11.8. The van der Waals surface area contributed by atoms with E-state index in [9.17, 15) is 4.79 Å². The van der Waals surface area contributed by atoms with E-state index in [1.54, 1.807) is 12.1 Å². The Balaban J connectivity index is 1.91. The SMILES string of the molecule is C/C(=N\NC(=O)COc1cc(C)c(Cl)c(C)c1)c1ccccc1. The zero-order chi connectivity index (χ0) is 16.8. The van der Waals surface area contributed by atoms with Crippen LogP contribution in [0.25, 0.3) is 0 Å². The highest BCUT2D eigenvalue weighted by Gasteiger charge is 2.06. The van der Waals surface area contributed by atoms with Crippen LogP contribution in [-0.4, -0.2) is 18.2 Å². The molecule has 4 nitrogen and oxygen atoms in total. The molecule has 0 spiro atoms. The first-order chi connectivity index (χ1) is 11.0. The molecule has 0 radical (unpaired) electrons. The van der Waals surface area contributed by atoms with Gasteiger partial charge in [0.05, 0.1) is 5.71 Å². The molecule has 0 aromatic heterocycles. The summed E-state index contributed by atoms with van der Waals surface area (Å²) in [5.41, 5.74) is 6.01. The van der Waals surface area contributed by atoms with Crippen LogP contribution in [-0.2, 0) is 4.79 Å². The fraction of sp³-hybridized carbons (Fsp3) is 0.222. The Kier molecular flexibility index (Phi) is 5.77. The van der Waals surface area contributed by atoms with Crippen molar-refractivity contribution >= 4 is 23.2 Å². The third-order valence-corrected chi connectivity index (χ3v) is 3.92. The zero-order valence-corrected chi connectivity index (χ0v) is 14.1. The minimum Gasteiger partial charge on any atom is -0.484 e. The molecule has 0 aliphatic heterocycles. The normalized spacial score (nSPS) is 11.2. The van der Waals surface area contributed by atoms with Crippen molar-refractivity contribution in [2.45, 2.75) is 20.8 Å². The fourth-order valence-corrected chi connectivity index (χ4v) is 2.17. The van der Waals surface area contributed by atoms with Crippen molar-refractivity contribution in [1.29, 1.82) is 0 Å². The molecule has 1 amide bonds. The quantitative estimate of drug-likeness (QED) is 0.668. The number of nitrogens with zero attached hydrogens (tertiary/aromatic N) is 1. The van der Waals surface area contributed by atoms with E-state index in [0.717, 1.165) is 22.4 Å². The minimum absolute atomic E-state index is 0.105. The molecule has 2 aromatic carbocycles. The molecule has 0 heterocycles. The summed E-state index contributed by atoms with van der Waals surface area (Å²) in [6.07, 6.45) is 0. The number of aryl methyl sites for hydroxylation is 2. The number of hydrogen-bond donors (Lipinski definition) is 1. The first-order valence-electron chi connectivity index (χ1n) is 7.25. The molecular weight excluding hydrogens is 312 g/mol. The molecule has 0 atom stereocenters. The highest BCUT2D eigenvalue weighted by atomic mass is 35.5. The molecule has 23 heavy (non-hydrogen) atoms. The number of hydrogen-bond acceptors (Lipinski definition) is 3. The molecule has 5 heteroatoms. The summed E-state index contributed by atoms with van der Waals surface area (Å²) in [6, 6.07) is 13.2. The van der Waals surface area contributed by atoms with Crippen molar-refractivity contribution < 1.29 is 9.53 Å². The Bertz CT molecular complexity index is 704. The van der Waals surface area contributed by atoms with Crippen LogP contribution >= 0.6 is 11.6 Å². The molecule has 0 bridgehead atoms. The molecule has 2 aromatic rings. The van der Waals surface area contributed by atoms with Crippen molar-refractivity contribution in [3.63, 3.8) is 0 Å². The van der Waals surface area contributed by atoms with Gasteiger partial charge in [-0.15, -0.1) is 0 Å². The van der Waals surface area contributed by atoms with E-state index >= 15 is 0 Å². The Morgan fingerprint density at radius 3 is 2.39 bits per heavy atom. The van der Waals surface area contributed by atoms with Gasteiger partial charge in [-0.2, -0.15) is 5.10 Å². The Morgan fingerprint density at radius 1 is 1.17 bits per heavy atom. The van der Waals surface area contributed by atoms with Crippen LogP contribution in [0.15, 0.2) is 47.6 Å². The van der Waals surface area contributed by atoms with Gasteiger partial charge in [0.2, 0.25) is 0 Å². The van der Waals surface area contributed by atoms with E-state index in [4.69, 9.17) is 16.3 Å². The molecule has 120 valence electrons. The molecule has 1 N–H and O–H groups in total. The second-order valence-electron chi connectivity index (χ2n) is 5.26. The van der Waals surface area contributed by atoms with Gasteiger partial charge in [0, 0.05) is 5.02 Å². The summed E-state index contributed by atoms with van der Waals surface area (Å²) in [5.74, 6) is 0.300. The molecule has 0 unspecified atom stereocenters. The smallest absolute Gasteiger partial charge is 0.277 e. The average molecular weight is 331 g/mol. The van der Waals surface area contributed by atoms with E-state index in [-0.39, 0.29) is 12.5 Å². The van der Waals surface area contributed by atoms with Crippen molar-refractivity contribution in [1.82, 2.24) is 5.43 Å². The summed E-state index contributed by atoms with van der Waals surface area (Å²) in [6.45, 7) is 5.53. The summed E-state index contributed by atoms with van der Waals surface area (Å²) >= 11 is 6.10. The van der Waals surface area contributed by atoms with Crippen LogP contribution in [0, 0.1) is 13.8 Å². The minimum atomic E-state index is -0.314. The summed E-state index contributed by atoms with van der Waals surface area (Å²) < 4.78 is 5.48. The maximum atomic E-state index is 11.8. The van der Waals surface area contributed by atoms with Gasteiger partial charge in [-0.1, -0.05) is 41.9 Å². The van der Waals surface area contributed by atoms with Crippen LogP contribution in [0.4, 0.5) is 0 Å². The van der Waals surface area contributed by atoms with Crippen LogP contribution in [0.5, 0.6) is 5.75 Å². The molecular formula is C18H19ClN2O2. The molecule has 2 rings (SSSR count). The van der Waals surface area contributed by atoms with E-state index < -0.39 is 0 Å². The van der Waals surface area contributed by atoms with Gasteiger partial charge in [-0.3, -0.25) is 4.79 Å². The lowest BCUT2D eigenvalue weighted by atomic mass is 10.1. The topological polar surface area (TPSA) is 50.7 Å². The van der Waals surface area contributed by atoms with Gasteiger partial charge >= 0.3 is 0 Å². The van der Waals surface area contributed by atoms with E-state index in [1.165, 1.54) is 0 Å². The van der Waals surface area contributed by atoms with Crippen molar-refractivity contribution in [3.05, 3.63) is 64.2 Å². The number of ether oxygens (including phenoxy) is 1. The van der Waals surface area contributed by atoms with E-state index in [1.807, 2.05) is 51.1 Å². The third kappa shape index (κ3) is 4.83. The standard InChI is InChI=1S/C18H19ClN2O2/c1-12-9-16(10-13(2)18(12)19)23-11-17(22)21-20-14(3)15-7-5-4-6-8-15/h4-10H,11H2,1-3H3,(H,21,22)/b20-14+. The molecule has 0 saturated heterocycles. The molecule has 0 saturated carbocycles. The highest BCUT2D eigenvalue weighted by molar-refractivity contribution is 6.32. The summed E-state index contributed by atoms with van der Waals surface area (Å²) in [4.78, 5) is 11.8.